The molecule has 0 fully saturated rings. The summed E-state index contributed by atoms with van der Waals surface area (Å²) < 4.78 is 0. The minimum absolute atomic E-state index is 0.653. The van der Waals surface area contributed by atoms with Crippen molar-refractivity contribution in [3.8, 4) is 67.4 Å². The third kappa shape index (κ3) is 4.78. The molecule has 0 bridgehead atoms. The molecule has 5 heteroatoms. The maximum atomic E-state index is 5.30. The Morgan fingerprint density at radius 3 is 1.79 bits per heavy atom. The summed E-state index contributed by atoms with van der Waals surface area (Å²) in [5.41, 5.74) is 15.3. The number of benzene rings is 7. The lowest BCUT2D eigenvalue weighted by molar-refractivity contribution is 1.22. The second kappa shape index (κ2) is 11.9. The first-order valence-electron chi connectivity index (χ1n) is 18.8. The van der Waals surface area contributed by atoms with E-state index in [1.165, 1.54) is 33.0 Å². The zero-order chi connectivity index (χ0) is 36.7. The minimum atomic E-state index is 0.653. The lowest BCUT2D eigenvalue weighted by atomic mass is 9.99. The van der Waals surface area contributed by atoms with Crippen molar-refractivity contribution in [2.75, 3.05) is 0 Å². The number of nitrogens with zero attached hydrogens (tertiary/aromatic N) is 5. The molecule has 258 valence electrons. The van der Waals surface area contributed by atoms with Crippen molar-refractivity contribution in [1.82, 2.24) is 24.9 Å². The van der Waals surface area contributed by atoms with Crippen LogP contribution in [0.5, 0.6) is 0 Å². The predicted octanol–water partition coefficient (Wildman–Crippen LogP) is 12.7. The molecule has 0 spiro atoms. The fourth-order valence-corrected chi connectivity index (χ4v) is 8.48. The summed E-state index contributed by atoms with van der Waals surface area (Å²) in [6, 6.07) is 59.5. The van der Waals surface area contributed by atoms with Crippen LogP contribution >= 0.6 is 0 Å². The van der Waals surface area contributed by atoms with Crippen LogP contribution in [-0.4, -0.2) is 24.9 Å². The normalized spacial score (nSPS) is 11.9. The van der Waals surface area contributed by atoms with Gasteiger partial charge in [-0.1, -0.05) is 127 Å². The van der Waals surface area contributed by atoms with Crippen LogP contribution in [0, 0.1) is 0 Å². The zero-order valence-corrected chi connectivity index (χ0v) is 30.0. The first kappa shape index (κ1) is 30.8. The SMILES string of the molecule is c1cc(-c2ccc3ccc4ccc(-c5ccc6c(c5)-c5cccc7cccc-6c57)nc4c3n2)cc(-c2nc(-c3cnc4ccccc4c3)c3ccccc3n2)c1. The largest absolute Gasteiger partial charge is 0.256 e. The summed E-state index contributed by atoms with van der Waals surface area (Å²) in [5, 5.41) is 6.76. The van der Waals surface area contributed by atoms with Crippen LogP contribution in [-0.2, 0) is 0 Å². The lowest BCUT2D eigenvalue weighted by Crippen LogP contribution is -1.96. The highest BCUT2D eigenvalue weighted by molar-refractivity contribution is 6.15. The van der Waals surface area contributed by atoms with Crippen molar-refractivity contribution in [3.05, 3.63) is 176 Å². The number of hydrogen-bond donors (Lipinski definition) is 0. The molecule has 0 radical (unpaired) electrons. The first-order chi connectivity index (χ1) is 27.7. The molecule has 0 saturated carbocycles. The Bertz CT molecular complexity index is 3440. The maximum absolute atomic E-state index is 5.30. The molecule has 7 aromatic carbocycles. The Labute approximate surface area is 321 Å². The van der Waals surface area contributed by atoms with E-state index in [0.717, 1.165) is 82.9 Å². The van der Waals surface area contributed by atoms with E-state index < -0.39 is 0 Å². The van der Waals surface area contributed by atoms with Crippen LogP contribution in [0.4, 0.5) is 0 Å². The van der Waals surface area contributed by atoms with Gasteiger partial charge in [0.2, 0.25) is 0 Å². The van der Waals surface area contributed by atoms with E-state index in [4.69, 9.17) is 24.9 Å². The van der Waals surface area contributed by atoms with Gasteiger partial charge in [0, 0.05) is 50.0 Å². The van der Waals surface area contributed by atoms with E-state index in [2.05, 4.69) is 133 Å². The molecule has 1 aliphatic rings. The molecule has 11 aromatic rings. The molecule has 0 amide bonds. The second-order valence-electron chi connectivity index (χ2n) is 14.5. The molecule has 0 saturated heterocycles. The summed E-state index contributed by atoms with van der Waals surface area (Å²) in [4.78, 5) is 25.5. The Hall–Kier alpha value is -7.63. The highest BCUT2D eigenvalue weighted by Gasteiger charge is 2.22. The van der Waals surface area contributed by atoms with Gasteiger partial charge in [0.15, 0.2) is 5.82 Å². The average molecular weight is 712 g/mol. The predicted molar refractivity (Wildman–Crippen MR) is 229 cm³/mol. The Morgan fingerprint density at radius 2 is 0.982 bits per heavy atom. The van der Waals surface area contributed by atoms with Crippen molar-refractivity contribution in [3.63, 3.8) is 0 Å². The van der Waals surface area contributed by atoms with Crippen LogP contribution in [0.15, 0.2) is 176 Å². The van der Waals surface area contributed by atoms with Gasteiger partial charge in [-0.15, -0.1) is 0 Å². The van der Waals surface area contributed by atoms with Gasteiger partial charge in [0.1, 0.15) is 0 Å². The van der Waals surface area contributed by atoms with Gasteiger partial charge in [-0.2, -0.15) is 0 Å². The summed E-state index contributed by atoms with van der Waals surface area (Å²) in [6.07, 6.45) is 1.91. The molecule has 0 N–H and O–H groups in total. The highest BCUT2D eigenvalue weighted by atomic mass is 14.9. The van der Waals surface area contributed by atoms with Gasteiger partial charge in [-0.3, -0.25) is 4.98 Å². The number of pyridine rings is 3. The third-order valence-electron chi connectivity index (χ3n) is 11.2. The van der Waals surface area contributed by atoms with E-state index in [9.17, 15) is 0 Å². The molecule has 1 aliphatic carbocycles. The van der Waals surface area contributed by atoms with Gasteiger partial charge in [0.25, 0.3) is 0 Å². The molecule has 0 unspecified atom stereocenters. The van der Waals surface area contributed by atoms with Crippen molar-refractivity contribution in [1.29, 1.82) is 0 Å². The smallest absolute Gasteiger partial charge is 0.160 e. The number of rotatable bonds is 4. The van der Waals surface area contributed by atoms with Gasteiger partial charge in [0.05, 0.1) is 39.1 Å². The quantitative estimate of drug-likeness (QED) is 0.170. The fourth-order valence-electron chi connectivity index (χ4n) is 8.48. The topological polar surface area (TPSA) is 64.5 Å². The van der Waals surface area contributed by atoms with Crippen LogP contribution < -0.4 is 0 Å². The van der Waals surface area contributed by atoms with E-state index >= 15 is 0 Å². The number of fused-ring (bicyclic) bond motifs is 8. The van der Waals surface area contributed by atoms with Crippen LogP contribution in [0.25, 0.3) is 122 Å². The van der Waals surface area contributed by atoms with E-state index in [1.807, 2.05) is 42.6 Å². The lowest BCUT2D eigenvalue weighted by Gasteiger charge is -2.11. The zero-order valence-electron chi connectivity index (χ0n) is 30.0. The van der Waals surface area contributed by atoms with E-state index in [1.54, 1.807) is 0 Å². The molecule has 0 atom stereocenters. The van der Waals surface area contributed by atoms with Gasteiger partial charge in [-0.05, 0) is 75.5 Å². The minimum Gasteiger partial charge on any atom is -0.256 e. The Morgan fingerprint density at radius 1 is 0.339 bits per heavy atom. The summed E-state index contributed by atoms with van der Waals surface area (Å²) in [6.45, 7) is 0. The fraction of sp³-hybridized carbons (Fsp3) is 0. The molecule has 12 rings (SSSR count). The average Bonchev–Trinajstić information content (AvgIpc) is 3.59. The second-order valence-corrected chi connectivity index (χ2v) is 14.5. The molecule has 0 aliphatic heterocycles. The Balaban J connectivity index is 0.953. The maximum Gasteiger partial charge on any atom is 0.160 e. The molecular formula is C51H29N5. The Kier molecular flexibility index (Phi) is 6.56. The van der Waals surface area contributed by atoms with Gasteiger partial charge >= 0.3 is 0 Å². The molecule has 56 heavy (non-hydrogen) atoms. The van der Waals surface area contributed by atoms with Gasteiger partial charge < -0.3 is 0 Å². The summed E-state index contributed by atoms with van der Waals surface area (Å²) >= 11 is 0. The number of aromatic nitrogens is 5. The number of hydrogen-bond acceptors (Lipinski definition) is 5. The number of para-hydroxylation sites is 2. The molecule has 4 heterocycles. The van der Waals surface area contributed by atoms with E-state index in [-0.39, 0.29) is 0 Å². The van der Waals surface area contributed by atoms with E-state index in [0.29, 0.717) is 5.82 Å². The van der Waals surface area contributed by atoms with Crippen molar-refractivity contribution < 1.29 is 0 Å². The summed E-state index contributed by atoms with van der Waals surface area (Å²) in [7, 11) is 0. The third-order valence-corrected chi connectivity index (χ3v) is 11.2. The molecular weight excluding hydrogens is 683 g/mol. The van der Waals surface area contributed by atoms with Gasteiger partial charge in [-0.25, -0.2) is 19.9 Å². The standard InChI is InChI=1S/C51H29N5/c1-3-16-43-33(8-1)27-37(29-52-43)48-41-13-2-4-17-46(41)55-51(56-48)36-12-5-11-34(26-36)44-24-21-31-18-19-32-22-25-45(54-50(32)49(31)53-44)35-20-23-38-39-14-6-9-30-10-7-15-40(47(30)39)42(38)28-35/h1-29H. The first-order valence-corrected chi connectivity index (χ1v) is 18.8. The van der Waals surface area contributed by atoms with Crippen LogP contribution in [0.1, 0.15) is 0 Å². The van der Waals surface area contributed by atoms with Crippen molar-refractivity contribution in [2.45, 2.75) is 0 Å². The molecule has 5 nitrogen and oxygen atoms in total. The monoisotopic (exact) mass is 711 g/mol. The highest BCUT2D eigenvalue weighted by Crippen LogP contribution is 2.48. The summed E-state index contributed by atoms with van der Waals surface area (Å²) in [5.74, 6) is 0.653. The van der Waals surface area contributed by atoms with Crippen LogP contribution in [0.2, 0.25) is 0 Å². The van der Waals surface area contributed by atoms with Crippen molar-refractivity contribution >= 4 is 54.4 Å². The molecule has 4 aromatic heterocycles. The van der Waals surface area contributed by atoms with Crippen LogP contribution in [0.3, 0.4) is 0 Å². The van der Waals surface area contributed by atoms with Crippen molar-refractivity contribution in [2.24, 2.45) is 0 Å².